The lowest BCUT2D eigenvalue weighted by molar-refractivity contribution is -0.169. The minimum Gasteiger partial charge on any atom is -0.480 e. The molecule has 4 nitrogen and oxygen atoms in total. The van der Waals surface area contributed by atoms with Crippen LogP contribution in [-0.4, -0.2) is 47.8 Å². The summed E-state index contributed by atoms with van der Waals surface area (Å²) in [6, 6.07) is 0. The van der Waals surface area contributed by atoms with E-state index in [-0.39, 0.29) is 11.3 Å². The molecule has 0 spiro atoms. The largest absolute Gasteiger partial charge is 0.480 e. The number of carbonyl (C=O) groups is 1. The Morgan fingerprint density at radius 1 is 1.26 bits per heavy atom. The number of hydrogen-bond donors (Lipinski definition) is 1. The standard InChI is InChI=1S/C15H27NO3/c1-14(2,3)12-6-4-5-7-15(12,13(17)18)16-8-10-19-11-9-16/h12H,4-11H2,1-3H3,(H,17,18). The number of ether oxygens (including phenoxy) is 1. The lowest BCUT2D eigenvalue weighted by atomic mass is 9.61. The Bertz CT molecular complexity index is 331. The molecule has 19 heavy (non-hydrogen) atoms. The highest BCUT2D eigenvalue weighted by Crippen LogP contribution is 2.47. The molecule has 0 amide bonds. The molecule has 110 valence electrons. The predicted octanol–water partition coefficient (Wildman–Crippen LogP) is 2.38. The van der Waals surface area contributed by atoms with Crippen molar-refractivity contribution >= 4 is 5.97 Å². The monoisotopic (exact) mass is 269 g/mol. The maximum Gasteiger partial charge on any atom is 0.324 e. The molecule has 1 N–H and O–H groups in total. The number of carboxylic acids is 1. The normalized spacial score (nSPS) is 34.2. The Kier molecular flexibility index (Phi) is 4.21. The molecule has 2 atom stereocenters. The van der Waals surface area contributed by atoms with Crippen molar-refractivity contribution in [1.82, 2.24) is 4.90 Å². The van der Waals surface area contributed by atoms with Crippen LogP contribution in [0.25, 0.3) is 0 Å². The van der Waals surface area contributed by atoms with Crippen LogP contribution in [0.15, 0.2) is 0 Å². The lowest BCUT2D eigenvalue weighted by Gasteiger charge is -2.53. The van der Waals surface area contributed by atoms with Crippen LogP contribution in [0, 0.1) is 11.3 Å². The van der Waals surface area contributed by atoms with E-state index in [2.05, 4.69) is 25.7 Å². The summed E-state index contributed by atoms with van der Waals surface area (Å²) >= 11 is 0. The molecule has 2 rings (SSSR count). The second-order valence-electron chi connectivity index (χ2n) is 6.99. The number of carboxylic acid groups (broad SMARTS) is 1. The molecule has 4 heteroatoms. The Hall–Kier alpha value is -0.610. The molecule has 1 heterocycles. The first-order valence-corrected chi connectivity index (χ1v) is 7.45. The van der Waals surface area contributed by atoms with Gasteiger partial charge in [-0.1, -0.05) is 33.6 Å². The van der Waals surface area contributed by atoms with Crippen molar-refractivity contribution < 1.29 is 14.6 Å². The van der Waals surface area contributed by atoms with Gasteiger partial charge in [-0.25, -0.2) is 0 Å². The van der Waals surface area contributed by atoms with Gasteiger partial charge < -0.3 is 9.84 Å². The fourth-order valence-corrected chi connectivity index (χ4v) is 4.04. The first-order valence-electron chi connectivity index (χ1n) is 7.45. The molecule has 1 saturated carbocycles. The molecular weight excluding hydrogens is 242 g/mol. The SMILES string of the molecule is CC(C)(C)C1CCCCC1(C(=O)O)N1CCOCC1. The maximum atomic E-state index is 12.2. The minimum atomic E-state index is -0.680. The van der Waals surface area contributed by atoms with Crippen LogP contribution in [0.5, 0.6) is 0 Å². The predicted molar refractivity (Wildman–Crippen MR) is 74.2 cm³/mol. The van der Waals surface area contributed by atoms with E-state index in [1.54, 1.807) is 0 Å². The molecule has 0 aromatic rings. The average Bonchev–Trinajstić information content (AvgIpc) is 2.38. The number of rotatable bonds is 2. The highest BCUT2D eigenvalue weighted by Gasteiger charge is 2.55. The molecular formula is C15H27NO3. The molecule has 1 aliphatic heterocycles. The van der Waals surface area contributed by atoms with Crippen molar-refractivity contribution in [2.45, 2.75) is 52.0 Å². The van der Waals surface area contributed by atoms with Crippen LogP contribution in [0.2, 0.25) is 0 Å². The molecule has 0 aromatic heterocycles. The molecule has 0 aromatic carbocycles. The summed E-state index contributed by atoms with van der Waals surface area (Å²) in [5.41, 5.74) is -0.655. The topological polar surface area (TPSA) is 49.8 Å². The second kappa shape index (κ2) is 5.41. The van der Waals surface area contributed by atoms with Crippen molar-refractivity contribution in [1.29, 1.82) is 0 Å². The zero-order valence-corrected chi connectivity index (χ0v) is 12.4. The molecule has 2 aliphatic rings. The van der Waals surface area contributed by atoms with E-state index in [1.807, 2.05) is 0 Å². The van der Waals surface area contributed by atoms with Gasteiger partial charge in [0.2, 0.25) is 0 Å². The highest BCUT2D eigenvalue weighted by atomic mass is 16.5. The lowest BCUT2D eigenvalue weighted by Crippen LogP contribution is -2.65. The molecule has 0 bridgehead atoms. The zero-order valence-electron chi connectivity index (χ0n) is 12.4. The molecule has 2 unspecified atom stereocenters. The second-order valence-corrected chi connectivity index (χ2v) is 6.99. The minimum absolute atomic E-state index is 0.0249. The van der Waals surface area contributed by atoms with E-state index in [1.165, 1.54) is 0 Å². The fourth-order valence-electron chi connectivity index (χ4n) is 4.04. The van der Waals surface area contributed by atoms with Gasteiger partial charge in [-0.15, -0.1) is 0 Å². The van der Waals surface area contributed by atoms with Crippen LogP contribution >= 0.6 is 0 Å². The van der Waals surface area contributed by atoms with Gasteiger partial charge in [-0.05, 0) is 24.2 Å². The number of aliphatic carboxylic acids is 1. The number of nitrogens with zero attached hydrogens (tertiary/aromatic N) is 1. The summed E-state index contributed by atoms with van der Waals surface area (Å²) in [5.74, 6) is -0.418. The third-order valence-electron chi connectivity index (χ3n) is 4.87. The van der Waals surface area contributed by atoms with Crippen molar-refractivity contribution in [3.8, 4) is 0 Å². The smallest absolute Gasteiger partial charge is 0.324 e. The van der Waals surface area contributed by atoms with Gasteiger partial charge in [-0.3, -0.25) is 9.69 Å². The van der Waals surface area contributed by atoms with Crippen LogP contribution in [0.3, 0.4) is 0 Å². The first-order chi connectivity index (χ1) is 8.89. The molecule has 0 radical (unpaired) electrons. The quantitative estimate of drug-likeness (QED) is 0.836. The first kappa shape index (κ1) is 14.8. The highest BCUT2D eigenvalue weighted by molar-refractivity contribution is 5.79. The van der Waals surface area contributed by atoms with Gasteiger partial charge in [0, 0.05) is 13.1 Å². The van der Waals surface area contributed by atoms with Gasteiger partial charge >= 0.3 is 5.97 Å². The Balaban J connectivity index is 2.36. The Morgan fingerprint density at radius 3 is 2.42 bits per heavy atom. The van der Waals surface area contributed by atoms with E-state index in [0.29, 0.717) is 13.2 Å². The Morgan fingerprint density at radius 2 is 1.89 bits per heavy atom. The van der Waals surface area contributed by atoms with Crippen molar-refractivity contribution in [2.75, 3.05) is 26.3 Å². The summed E-state index contributed by atoms with van der Waals surface area (Å²) in [6.07, 6.45) is 3.98. The van der Waals surface area contributed by atoms with E-state index in [9.17, 15) is 9.90 Å². The van der Waals surface area contributed by atoms with Crippen LogP contribution in [0.1, 0.15) is 46.5 Å². The molecule has 1 aliphatic carbocycles. The van der Waals surface area contributed by atoms with Crippen molar-refractivity contribution in [3.63, 3.8) is 0 Å². The summed E-state index contributed by atoms with van der Waals surface area (Å²) < 4.78 is 5.40. The van der Waals surface area contributed by atoms with Crippen molar-refractivity contribution in [2.24, 2.45) is 11.3 Å². The third-order valence-corrected chi connectivity index (χ3v) is 4.87. The van der Waals surface area contributed by atoms with Crippen molar-refractivity contribution in [3.05, 3.63) is 0 Å². The van der Waals surface area contributed by atoms with Gasteiger partial charge in [0.15, 0.2) is 0 Å². The van der Waals surface area contributed by atoms with E-state index < -0.39 is 11.5 Å². The summed E-state index contributed by atoms with van der Waals surface area (Å²) in [7, 11) is 0. The van der Waals surface area contributed by atoms with E-state index in [4.69, 9.17) is 4.74 Å². The summed E-state index contributed by atoms with van der Waals surface area (Å²) in [4.78, 5) is 14.3. The summed E-state index contributed by atoms with van der Waals surface area (Å²) in [5, 5.41) is 9.99. The van der Waals surface area contributed by atoms with Gasteiger partial charge in [0.05, 0.1) is 13.2 Å². The maximum absolute atomic E-state index is 12.2. The number of hydrogen-bond acceptors (Lipinski definition) is 3. The third kappa shape index (κ3) is 2.65. The molecule has 2 fully saturated rings. The van der Waals surface area contributed by atoms with Gasteiger partial charge in [0.25, 0.3) is 0 Å². The Labute approximate surface area is 116 Å². The fraction of sp³-hybridized carbons (Fsp3) is 0.933. The van der Waals surface area contributed by atoms with Crippen LogP contribution < -0.4 is 0 Å². The average molecular weight is 269 g/mol. The molecule has 1 saturated heterocycles. The number of morpholine rings is 1. The van der Waals surface area contributed by atoms with Gasteiger partial charge in [-0.2, -0.15) is 0 Å². The zero-order chi connectivity index (χ0) is 14.1. The van der Waals surface area contributed by atoms with Gasteiger partial charge in [0.1, 0.15) is 5.54 Å². The summed E-state index contributed by atoms with van der Waals surface area (Å²) in [6.45, 7) is 9.36. The van der Waals surface area contributed by atoms with E-state index in [0.717, 1.165) is 38.8 Å². The van der Waals surface area contributed by atoms with Crippen LogP contribution in [-0.2, 0) is 9.53 Å². The van der Waals surface area contributed by atoms with Crippen LogP contribution in [0.4, 0.5) is 0 Å². The van der Waals surface area contributed by atoms with E-state index >= 15 is 0 Å².